The van der Waals surface area contributed by atoms with Gasteiger partial charge in [-0.3, -0.25) is 0 Å². The van der Waals surface area contributed by atoms with Crippen LogP contribution < -0.4 is 5.73 Å². The van der Waals surface area contributed by atoms with Gasteiger partial charge in [0.05, 0.1) is 17.6 Å². The van der Waals surface area contributed by atoms with Crippen LogP contribution in [-0.2, 0) is 9.84 Å². The lowest BCUT2D eigenvalue weighted by molar-refractivity contribution is 0.0466. The predicted octanol–water partition coefficient (Wildman–Crippen LogP) is 1.90. The number of rotatable bonds is 3. The largest absolute Gasteiger partial charge is 0.388 e. The maximum Gasteiger partial charge on any atom is 0.151 e. The molecule has 0 aliphatic carbocycles. The van der Waals surface area contributed by atoms with E-state index in [1.165, 1.54) is 0 Å². The van der Waals surface area contributed by atoms with Crippen LogP contribution in [0.2, 0.25) is 5.02 Å². The van der Waals surface area contributed by atoms with Crippen molar-refractivity contribution < 1.29 is 13.5 Å². The first kappa shape index (κ1) is 15.3. The first-order chi connectivity index (χ1) is 8.80. The molecule has 1 saturated heterocycles. The maximum atomic E-state index is 11.7. The van der Waals surface area contributed by atoms with Gasteiger partial charge in [0.1, 0.15) is 0 Å². The Morgan fingerprint density at radius 3 is 2.68 bits per heavy atom. The van der Waals surface area contributed by atoms with Crippen molar-refractivity contribution in [3.63, 3.8) is 0 Å². The molecule has 1 aromatic carbocycles. The molecule has 0 saturated carbocycles. The Balaban J connectivity index is 2.39. The van der Waals surface area contributed by atoms with E-state index >= 15 is 0 Å². The molecule has 1 fully saturated rings. The molecule has 0 spiro atoms. The lowest BCUT2D eigenvalue weighted by atomic mass is 9.78. The average Bonchev–Trinajstić information content (AvgIpc) is 2.65. The van der Waals surface area contributed by atoms with E-state index in [-0.39, 0.29) is 18.1 Å². The maximum absolute atomic E-state index is 11.7. The summed E-state index contributed by atoms with van der Waals surface area (Å²) in [6.07, 6.45) is -0.552. The number of aliphatic hydroxyl groups excluding tert-OH is 1. The molecule has 0 radical (unpaired) electrons. The molecule has 3 N–H and O–H groups in total. The third-order valence-corrected chi connectivity index (χ3v) is 6.42. The highest BCUT2D eigenvalue weighted by atomic mass is 79.9. The van der Waals surface area contributed by atoms with Crippen LogP contribution in [0, 0.1) is 5.41 Å². The first-order valence-corrected chi connectivity index (χ1v) is 8.82. The summed E-state index contributed by atoms with van der Waals surface area (Å²) < 4.78 is 24.0. The fourth-order valence-corrected chi connectivity index (χ4v) is 5.54. The molecule has 0 amide bonds. The molecular formula is C12H15BrClNO3S. The Labute approximate surface area is 126 Å². The van der Waals surface area contributed by atoms with Gasteiger partial charge in [-0.25, -0.2) is 8.42 Å². The van der Waals surface area contributed by atoms with Crippen LogP contribution in [-0.4, -0.2) is 31.6 Å². The minimum Gasteiger partial charge on any atom is -0.388 e. The number of benzene rings is 1. The predicted molar refractivity (Wildman–Crippen MR) is 78.9 cm³/mol. The fraction of sp³-hybridized carbons (Fsp3) is 0.500. The van der Waals surface area contributed by atoms with Crippen LogP contribution >= 0.6 is 27.5 Å². The highest BCUT2D eigenvalue weighted by Gasteiger charge is 2.47. The molecule has 0 aromatic heterocycles. The molecule has 106 valence electrons. The summed E-state index contributed by atoms with van der Waals surface area (Å²) >= 11 is 9.20. The Hall–Kier alpha value is -0.140. The van der Waals surface area contributed by atoms with Crippen LogP contribution in [0.1, 0.15) is 18.1 Å². The summed E-state index contributed by atoms with van der Waals surface area (Å²) in [4.78, 5) is 0. The minimum absolute atomic E-state index is 0.0759. The fourth-order valence-electron chi connectivity index (χ4n) is 2.48. The number of sulfone groups is 1. The first-order valence-electron chi connectivity index (χ1n) is 5.83. The van der Waals surface area contributed by atoms with E-state index in [1.54, 1.807) is 18.2 Å². The normalized spacial score (nSPS) is 27.4. The van der Waals surface area contributed by atoms with E-state index < -0.39 is 21.4 Å². The van der Waals surface area contributed by atoms with Gasteiger partial charge in [0.25, 0.3) is 0 Å². The quantitative estimate of drug-likeness (QED) is 0.854. The summed E-state index contributed by atoms with van der Waals surface area (Å²) in [7, 11) is -3.12. The van der Waals surface area contributed by atoms with Gasteiger partial charge in [0, 0.05) is 21.5 Å². The third-order valence-electron chi connectivity index (χ3n) is 3.66. The van der Waals surface area contributed by atoms with E-state index in [2.05, 4.69) is 15.9 Å². The van der Waals surface area contributed by atoms with Crippen LogP contribution in [0.4, 0.5) is 0 Å². The van der Waals surface area contributed by atoms with Gasteiger partial charge in [-0.2, -0.15) is 0 Å². The van der Waals surface area contributed by atoms with Crippen LogP contribution in [0.3, 0.4) is 0 Å². The van der Waals surface area contributed by atoms with Crippen molar-refractivity contribution in [1.82, 2.24) is 0 Å². The van der Waals surface area contributed by atoms with E-state index in [9.17, 15) is 13.5 Å². The Kier molecular flexibility index (Phi) is 4.28. The van der Waals surface area contributed by atoms with E-state index in [1.807, 2.05) is 0 Å². The molecule has 1 heterocycles. The van der Waals surface area contributed by atoms with Crippen molar-refractivity contribution in [3.05, 3.63) is 33.3 Å². The molecule has 7 heteroatoms. The van der Waals surface area contributed by atoms with Crippen LogP contribution in [0.25, 0.3) is 0 Å². The van der Waals surface area contributed by atoms with Crippen LogP contribution in [0.5, 0.6) is 0 Å². The standard InChI is InChI=1S/C12H15BrClNO3S/c13-10-5-8(14)1-2-9(10)11(16)12(6-15)3-4-19(17,18)7-12/h1-2,5,11,16H,3-4,6-7,15H2. The summed E-state index contributed by atoms with van der Waals surface area (Å²) in [5, 5.41) is 11.1. The van der Waals surface area contributed by atoms with Crippen molar-refractivity contribution in [1.29, 1.82) is 0 Å². The third kappa shape index (κ3) is 2.97. The molecule has 4 nitrogen and oxygen atoms in total. The second-order valence-corrected chi connectivity index (χ2v) is 8.45. The van der Waals surface area contributed by atoms with Crippen molar-refractivity contribution in [3.8, 4) is 0 Å². The van der Waals surface area contributed by atoms with Gasteiger partial charge in [-0.15, -0.1) is 0 Å². The highest BCUT2D eigenvalue weighted by Crippen LogP contribution is 2.44. The molecule has 0 bridgehead atoms. The van der Waals surface area contributed by atoms with Crippen molar-refractivity contribution in [2.45, 2.75) is 12.5 Å². The zero-order chi connectivity index (χ0) is 14.3. The Bertz CT molecular complexity index is 593. The Morgan fingerprint density at radius 2 is 2.21 bits per heavy atom. The van der Waals surface area contributed by atoms with E-state index in [4.69, 9.17) is 17.3 Å². The molecule has 2 atom stereocenters. The molecular weight excluding hydrogens is 354 g/mol. The highest BCUT2D eigenvalue weighted by molar-refractivity contribution is 9.10. The monoisotopic (exact) mass is 367 g/mol. The van der Waals surface area contributed by atoms with Gasteiger partial charge in [0.15, 0.2) is 9.84 Å². The summed E-state index contributed by atoms with van der Waals surface area (Å²) in [5.41, 5.74) is 5.55. The zero-order valence-corrected chi connectivity index (χ0v) is 13.3. The van der Waals surface area contributed by atoms with Gasteiger partial charge in [0.2, 0.25) is 0 Å². The smallest absolute Gasteiger partial charge is 0.151 e. The van der Waals surface area contributed by atoms with Crippen LogP contribution in [0.15, 0.2) is 22.7 Å². The zero-order valence-electron chi connectivity index (χ0n) is 10.1. The topological polar surface area (TPSA) is 80.4 Å². The molecule has 1 aliphatic rings. The Morgan fingerprint density at radius 1 is 1.53 bits per heavy atom. The second kappa shape index (κ2) is 5.33. The molecule has 2 unspecified atom stereocenters. The number of aliphatic hydroxyl groups is 1. The number of hydrogen-bond acceptors (Lipinski definition) is 4. The number of halogens is 2. The van der Waals surface area contributed by atoms with E-state index in [0.29, 0.717) is 21.5 Å². The average molecular weight is 369 g/mol. The summed E-state index contributed by atoms with van der Waals surface area (Å²) in [6.45, 7) is 0.127. The van der Waals surface area contributed by atoms with E-state index in [0.717, 1.165) is 0 Å². The molecule has 19 heavy (non-hydrogen) atoms. The van der Waals surface area contributed by atoms with Gasteiger partial charge < -0.3 is 10.8 Å². The van der Waals surface area contributed by atoms with Gasteiger partial charge in [-0.05, 0) is 24.1 Å². The molecule has 2 rings (SSSR count). The van der Waals surface area contributed by atoms with Crippen molar-refractivity contribution in [2.24, 2.45) is 11.1 Å². The second-order valence-electron chi connectivity index (χ2n) is 4.98. The minimum atomic E-state index is -3.12. The van der Waals surface area contributed by atoms with Gasteiger partial charge >= 0.3 is 0 Å². The number of hydrogen-bond donors (Lipinski definition) is 2. The number of nitrogens with two attached hydrogens (primary N) is 1. The van der Waals surface area contributed by atoms with Gasteiger partial charge in [-0.1, -0.05) is 33.6 Å². The lowest BCUT2D eigenvalue weighted by Crippen LogP contribution is -2.38. The lowest BCUT2D eigenvalue weighted by Gasteiger charge is -2.32. The SMILES string of the molecule is NCC1(C(O)c2ccc(Cl)cc2Br)CCS(=O)(=O)C1. The summed E-state index contributed by atoms with van der Waals surface area (Å²) in [5.74, 6) is -0.000792. The summed E-state index contributed by atoms with van der Waals surface area (Å²) in [6, 6.07) is 5.03. The van der Waals surface area contributed by atoms with Crippen molar-refractivity contribution in [2.75, 3.05) is 18.1 Å². The molecule has 1 aromatic rings. The molecule has 1 aliphatic heterocycles. The van der Waals surface area contributed by atoms with Crippen molar-refractivity contribution >= 4 is 37.4 Å².